The van der Waals surface area contributed by atoms with Crippen molar-refractivity contribution >= 4 is 29.3 Å². The number of aromatic nitrogens is 1. The first-order chi connectivity index (χ1) is 14.5. The highest BCUT2D eigenvalue weighted by molar-refractivity contribution is 7.09. The lowest BCUT2D eigenvalue weighted by Gasteiger charge is -2.05. The topological polar surface area (TPSA) is 77.5 Å². The standard InChI is InChI=1S/C23H22N2O4S/c1-16-25-20(15-30-16)14-29-21-10-5-17(6-11-21)7-12-22(26)24-13-18-3-8-19(9-4-18)23(27)28-2/h3-12,15H,13-14H2,1-2H3,(H,24,26)/b12-7+. The Labute approximate surface area is 179 Å². The lowest BCUT2D eigenvalue weighted by molar-refractivity contribution is -0.116. The van der Waals surface area contributed by atoms with Crippen molar-refractivity contribution in [3.05, 3.63) is 87.4 Å². The number of esters is 1. The minimum absolute atomic E-state index is 0.203. The Morgan fingerprint density at radius 2 is 1.83 bits per heavy atom. The first-order valence-electron chi connectivity index (χ1n) is 9.30. The SMILES string of the molecule is COC(=O)c1ccc(CNC(=O)/C=C/c2ccc(OCc3csc(C)n3)cc2)cc1. The Kier molecular flexibility index (Phi) is 7.34. The number of carbonyl (C=O) groups is 2. The van der Waals surface area contributed by atoms with Gasteiger partial charge in [-0.15, -0.1) is 11.3 Å². The lowest BCUT2D eigenvalue weighted by Crippen LogP contribution is -2.20. The third-order valence-corrected chi connectivity index (χ3v) is 5.02. The predicted octanol–water partition coefficient (Wildman–Crippen LogP) is 4.15. The molecule has 0 aliphatic heterocycles. The average Bonchev–Trinajstić information content (AvgIpc) is 3.20. The zero-order valence-electron chi connectivity index (χ0n) is 16.8. The summed E-state index contributed by atoms with van der Waals surface area (Å²) in [6.07, 6.45) is 3.22. The van der Waals surface area contributed by atoms with Crippen LogP contribution in [0.1, 0.15) is 32.2 Å². The number of benzene rings is 2. The van der Waals surface area contributed by atoms with Gasteiger partial charge in [0.15, 0.2) is 0 Å². The fourth-order valence-corrected chi connectivity index (χ4v) is 3.20. The smallest absolute Gasteiger partial charge is 0.337 e. The summed E-state index contributed by atoms with van der Waals surface area (Å²) < 4.78 is 10.4. The molecule has 7 heteroatoms. The molecule has 0 saturated heterocycles. The second-order valence-electron chi connectivity index (χ2n) is 6.46. The zero-order valence-corrected chi connectivity index (χ0v) is 17.6. The molecule has 6 nitrogen and oxygen atoms in total. The maximum Gasteiger partial charge on any atom is 0.337 e. The van der Waals surface area contributed by atoms with Gasteiger partial charge in [-0.1, -0.05) is 24.3 Å². The minimum Gasteiger partial charge on any atom is -0.487 e. The van der Waals surface area contributed by atoms with Crippen LogP contribution in [0.2, 0.25) is 0 Å². The van der Waals surface area contributed by atoms with Gasteiger partial charge in [-0.2, -0.15) is 0 Å². The molecule has 1 aromatic heterocycles. The molecule has 0 unspecified atom stereocenters. The van der Waals surface area contributed by atoms with E-state index in [-0.39, 0.29) is 11.9 Å². The van der Waals surface area contributed by atoms with Gasteiger partial charge in [-0.3, -0.25) is 4.79 Å². The van der Waals surface area contributed by atoms with Crippen LogP contribution in [-0.4, -0.2) is 24.0 Å². The number of hydrogen-bond acceptors (Lipinski definition) is 6. The third kappa shape index (κ3) is 6.28. The molecular weight excluding hydrogens is 400 g/mol. The molecule has 30 heavy (non-hydrogen) atoms. The van der Waals surface area contributed by atoms with E-state index in [1.807, 2.05) is 36.6 Å². The van der Waals surface area contributed by atoms with Gasteiger partial charge >= 0.3 is 5.97 Å². The number of hydrogen-bond donors (Lipinski definition) is 1. The van der Waals surface area contributed by atoms with E-state index in [1.165, 1.54) is 13.2 Å². The predicted molar refractivity (Wildman–Crippen MR) is 116 cm³/mol. The highest BCUT2D eigenvalue weighted by Gasteiger charge is 2.05. The number of amides is 1. The molecule has 0 aliphatic carbocycles. The summed E-state index contributed by atoms with van der Waals surface area (Å²) in [7, 11) is 1.34. The van der Waals surface area contributed by atoms with E-state index in [0.717, 1.165) is 27.6 Å². The van der Waals surface area contributed by atoms with Crippen molar-refractivity contribution in [3.8, 4) is 5.75 Å². The average molecular weight is 423 g/mol. The molecule has 0 atom stereocenters. The highest BCUT2D eigenvalue weighted by Crippen LogP contribution is 2.16. The van der Waals surface area contributed by atoms with Crippen LogP contribution < -0.4 is 10.1 Å². The van der Waals surface area contributed by atoms with E-state index >= 15 is 0 Å². The first-order valence-corrected chi connectivity index (χ1v) is 10.2. The number of ether oxygens (including phenoxy) is 2. The van der Waals surface area contributed by atoms with E-state index < -0.39 is 0 Å². The van der Waals surface area contributed by atoms with Gasteiger partial charge in [0, 0.05) is 18.0 Å². The van der Waals surface area contributed by atoms with Crippen molar-refractivity contribution < 1.29 is 19.1 Å². The second-order valence-corrected chi connectivity index (χ2v) is 7.52. The Morgan fingerprint density at radius 1 is 1.10 bits per heavy atom. The van der Waals surface area contributed by atoms with E-state index in [2.05, 4.69) is 15.0 Å². The Morgan fingerprint density at radius 3 is 2.47 bits per heavy atom. The van der Waals surface area contributed by atoms with Gasteiger partial charge in [-0.25, -0.2) is 9.78 Å². The first kappa shape index (κ1) is 21.3. The zero-order chi connectivity index (χ0) is 21.3. The maximum atomic E-state index is 12.0. The Bertz CT molecular complexity index is 1020. The van der Waals surface area contributed by atoms with Crippen molar-refractivity contribution in [2.75, 3.05) is 7.11 Å². The molecule has 154 valence electrons. The van der Waals surface area contributed by atoms with Crippen LogP contribution >= 0.6 is 11.3 Å². The van der Waals surface area contributed by atoms with Crippen LogP contribution in [0, 0.1) is 6.92 Å². The summed E-state index contributed by atoms with van der Waals surface area (Å²) in [6, 6.07) is 14.4. The molecule has 1 amide bonds. The number of nitrogens with one attached hydrogen (secondary N) is 1. The summed E-state index contributed by atoms with van der Waals surface area (Å²) in [4.78, 5) is 27.8. The highest BCUT2D eigenvalue weighted by atomic mass is 32.1. The van der Waals surface area contributed by atoms with Crippen LogP contribution in [0.3, 0.4) is 0 Å². The van der Waals surface area contributed by atoms with Gasteiger partial charge < -0.3 is 14.8 Å². The van der Waals surface area contributed by atoms with Crippen molar-refractivity contribution in [1.82, 2.24) is 10.3 Å². The van der Waals surface area contributed by atoms with Crippen LogP contribution in [0.25, 0.3) is 6.08 Å². The molecule has 0 spiro atoms. The summed E-state index contributed by atoms with van der Waals surface area (Å²) in [5.74, 6) is 0.159. The van der Waals surface area contributed by atoms with Crippen molar-refractivity contribution in [2.45, 2.75) is 20.1 Å². The van der Waals surface area contributed by atoms with Gasteiger partial charge in [0.2, 0.25) is 5.91 Å². The molecule has 0 bridgehead atoms. The monoisotopic (exact) mass is 422 g/mol. The van der Waals surface area contributed by atoms with E-state index in [0.29, 0.717) is 18.7 Å². The maximum absolute atomic E-state index is 12.0. The number of nitrogens with zero attached hydrogens (tertiary/aromatic N) is 1. The fourth-order valence-electron chi connectivity index (χ4n) is 2.60. The molecule has 0 radical (unpaired) electrons. The summed E-state index contributed by atoms with van der Waals surface area (Å²) in [5.41, 5.74) is 3.17. The second kappa shape index (κ2) is 10.4. The van der Waals surface area contributed by atoms with E-state index in [1.54, 1.807) is 41.7 Å². The molecule has 2 aromatic carbocycles. The molecule has 1 heterocycles. The van der Waals surface area contributed by atoms with Gasteiger partial charge in [0.25, 0.3) is 0 Å². The molecule has 3 rings (SSSR count). The van der Waals surface area contributed by atoms with Crippen molar-refractivity contribution in [1.29, 1.82) is 0 Å². The summed E-state index contributed by atoms with van der Waals surface area (Å²) in [6.45, 7) is 2.77. The minimum atomic E-state index is -0.386. The van der Waals surface area contributed by atoms with E-state index in [4.69, 9.17) is 4.74 Å². The molecule has 0 aliphatic rings. The third-order valence-electron chi connectivity index (χ3n) is 4.20. The van der Waals surface area contributed by atoms with Gasteiger partial charge in [-0.05, 0) is 48.4 Å². The van der Waals surface area contributed by atoms with Crippen LogP contribution in [0.5, 0.6) is 5.75 Å². The Hall–Kier alpha value is -3.45. The van der Waals surface area contributed by atoms with Crippen molar-refractivity contribution in [2.24, 2.45) is 0 Å². The lowest BCUT2D eigenvalue weighted by atomic mass is 10.1. The Balaban J connectivity index is 1.45. The number of methoxy groups -OCH3 is 1. The fraction of sp³-hybridized carbons (Fsp3) is 0.174. The van der Waals surface area contributed by atoms with Gasteiger partial charge in [0.05, 0.1) is 23.4 Å². The molecule has 3 aromatic rings. The summed E-state index contributed by atoms with van der Waals surface area (Å²) in [5, 5.41) is 5.81. The normalized spacial score (nSPS) is 10.7. The summed E-state index contributed by atoms with van der Waals surface area (Å²) >= 11 is 1.60. The largest absolute Gasteiger partial charge is 0.487 e. The van der Waals surface area contributed by atoms with Gasteiger partial charge in [0.1, 0.15) is 12.4 Å². The number of aryl methyl sites for hydroxylation is 1. The quantitative estimate of drug-likeness (QED) is 0.436. The number of rotatable bonds is 8. The molecular formula is C23H22N2O4S. The number of thiazole rings is 1. The van der Waals surface area contributed by atoms with Crippen LogP contribution in [-0.2, 0) is 22.7 Å². The van der Waals surface area contributed by atoms with E-state index in [9.17, 15) is 9.59 Å². The van der Waals surface area contributed by atoms with Crippen LogP contribution in [0.15, 0.2) is 60.0 Å². The molecule has 0 saturated carbocycles. The van der Waals surface area contributed by atoms with Crippen molar-refractivity contribution in [3.63, 3.8) is 0 Å². The molecule has 1 N–H and O–H groups in total. The van der Waals surface area contributed by atoms with Crippen LogP contribution in [0.4, 0.5) is 0 Å². The molecule has 0 fully saturated rings. The number of carbonyl (C=O) groups excluding carboxylic acids is 2.